The van der Waals surface area contributed by atoms with Gasteiger partial charge in [0.1, 0.15) is 5.82 Å². The van der Waals surface area contributed by atoms with Crippen LogP contribution in [0.1, 0.15) is 32.3 Å². The van der Waals surface area contributed by atoms with Gasteiger partial charge in [-0.25, -0.2) is 4.98 Å². The van der Waals surface area contributed by atoms with Gasteiger partial charge in [0.2, 0.25) is 0 Å². The number of nitrogens with one attached hydrogen (secondary N) is 1. The van der Waals surface area contributed by atoms with Crippen molar-refractivity contribution in [1.29, 1.82) is 0 Å². The van der Waals surface area contributed by atoms with Crippen LogP contribution in [0.4, 0.5) is 5.82 Å². The maximum atomic E-state index is 4.56. The molecule has 3 aliphatic rings. The highest BCUT2D eigenvalue weighted by Crippen LogP contribution is 2.35. The molecule has 0 amide bonds. The van der Waals surface area contributed by atoms with E-state index in [2.05, 4.69) is 39.2 Å². The van der Waals surface area contributed by atoms with Crippen LogP contribution in [-0.4, -0.2) is 55.7 Å². The Balaban J connectivity index is 0.000000753. The van der Waals surface area contributed by atoms with Crippen molar-refractivity contribution in [2.24, 2.45) is 11.3 Å². The smallest absolute Gasteiger partial charge is 0.128 e. The molecule has 0 unspecified atom stereocenters. The lowest BCUT2D eigenvalue weighted by Gasteiger charge is -2.57. The summed E-state index contributed by atoms with van der Waals surface area (Å²) in [5.74, 6) is 2.04. The SMILES string of the molecule is CC.Cc1ccc(N2CCC(CN3CC4(CNC4)C3)CC2)nc1. The first-order valence-electron chi connectivity index (χ1n) is 9.33. The van der Waals surface area contributed by atoms with E-state index in [1.165, 1.54) is 64.2 Å². The number of hydrogen-bond donors (Lipinski definition) is 1. The van der Waals surface area contributed by atoms with E-state index in [1.54, 1.807) is 0 Å². The molecule has 1 N–H and O–H groups in total. The minimum Gasteiger partial charge on any atom is -0.357 e. The number of nitrogens with zero attached hydrogens (tertiary/aromatic N) is 3. The van der Waals surface area contributed by atoms with Crippen LogP contribution in [0.3, 0.4) is 0 Å². The van der Waals surface area contributed by atoms with Crippen LogP contribution in [0.5, 0.6) is 0 Å². The summed E-state index contributed by atoms with van der Waals surface area (Å²) in [6.45, 7) is 14.9. The second-order valence-electron chi connectivity index (χ2n) is 7.40. The van der Waals surface area contributed by atoms with Gasteiger partial charge < -0.3 is 15.1 Å². The van der Waals surface area contributed by atoms with Crippen molar-refractivity contribution in [1.82, 2.24) is 15.2 Å². The zero-order valence-electron chi connectivity index (χ0n) is 15.0. The molecular formula is C19H32N4. The Kier molecular flexibility index (Phi) is 5.22. The van der Waals surface area contributed by atoms with Crippen LogP contribution < -0.4 is 10.2 Å². The molecule has 0 saturated carbocycles. The van der Waals surface area contributed by atoms with Gasteiger partial charge >= 0.3 is 0 Å². The maximum Gasteiger partial charge on any atom is 0.128 e. The van der Waals surface area contributed by atoms with Gasteiger partial charge in [-0.1, -0.05) is 19.9 Å². The molecule has 1 aromatic heterocycles. The molecule has 3 fully saturated rings. The minimum atomic E-state index is 0.673. The van der Waals surface area contributed by atoms with Crippen molar-refractivity contribution in [2.75, 3.05) is 50.7 Å². The van der Waals surface area contributed by atoms with Gasteiger partial charge in [-0.15, -0.1) is 0 Å². The van der Waals surface area contributed by atoms with E-state index in [9.17, 15) is 0 Å². The summed E-state index contributed by atoms with van der Waals surface area (Å²) in [6.07, 6.45) is 4.61. The molecule has 23 heavy (non-hydrogen) atoms. The fourth-order valence-corrected chi connectivity index (χ4v) is 4.09. The third kappa shape index (κ3) is 3.69. The maximum absolute atomic E-state index is 4.56. The molecule has 1 spiro atoms. The van der Waals surface area contributed by atoms with E-state index in [4.69, 9.17) is 0 Å². The van der Waals surface area contributed by atoms with Gasteiger partial charge in [-0.3, -0.25) is 0 Å². The van der Waals surface area contributed by atoms with Crippen LogP contribution in [0.15, 0.2) is 18.3 Å². The van der Waals surface area contributed by atoms with E-state index < -0.39 is 0 Å². The number of likely N-dealkylation sites (tertiary alicyclic amines) is 1. The Hall–Kier alpha value is -1.13. The fraction of sp³-hybridized carbons (Fsp3) is 0.737. The molecule has 0 bridgehead atoms. The second kappa shape index (κ2) is 7.18. The van der Waals surface area contributed by atoms with Crippen molar-refractivity contribution >= 4 is 5.82 Å². The number of aromatic nitrogens is 1. The van der Waals surface area contributed by atoms with Gasteiger partial charge in [0.25, 0.3) is 0 Å². The molecule has 4 nitrogen and oxygen atoms in total. The van der Waals surface area contributed by atoms with Crippen molar-refractivity contribution in [2.45, 2.75) is 33.6 Å². The van der Waals surface area contributed by atoms with Crippen LogP contribution >= 0.6 is 0 Å². The standard InChI is InChI=1S/C17H26N4.C2H6/c1-14-2-3-16(19-8-14)21-6-4-15(5-7-21)9-20-12-17(13-20)10-18-11-17;1-2/h2-3,8,15,18H,4-7,9-13H2,1H3;1-2H3. The zero-order chi connectivity index (χ0) is 16.3. The minimum absolute atomic E-state index is 0.673. The molecule has 128 valence electrons. The Morgan fingerprint density at radius 2 is 1.87 bits per heavy atom. The van der Waals surface area contributed by atoms with Crippen molar-refractivity contribution in [3.05, 3.63) is 23.9 Å². The molecule has 0 radical (unpaired) electrons. The van der Waals surface area contributed by atoms with Gasteiger partial charge in [0.15, 0.2) is 0 Å². The number of rotatable bonds is 3. The second-order valence-corrected chi connectivity index (χ2v) is 7.40. The molecule has 4 rings (SSSR count). The quantitative estimate of drug-likeness (QED) is 0.928. The zero-order valence-corrected chi connectivity index (χ0v) is 15.0. The van der Waals surface area contributed by atoms with E-state index in [1.807, 2.05) is 20.0 Å². The molecule has 0 aliphatic carbocycles. The summed E-state index contributed by atoms with van der Waals surface area (Å²) in [5, 5.41) is 3.42. The third-order valence-electron chi connectivity index (χ3n) is 5.47. The molecule has 3 saturated heterocycles. The molecule has 0 atom stereocenters. The summed E-state index contributed by atoms with van der Waals surface area (Å²) in [5.41, 5.74) is 1.91. The summed E-state index contributed by atoms with van der Waals surface area (Å²) < 4.78 is 0. The van der Waals surface area contributed by atoms with Gasteiger partial charge in [0, 0.05) is 57.4 Å². The van der Waals surface area contributed by atoms with Crippen LogP contribution in [0.25, 0.3) is 0 Å². The lowest BCUT2D eigenvalue weighted by atomic mass is 9.74. The molecular weight excluding hydrogens is 284 g/mol. The Morgan fingerprint density at radius 1 is 1.17 bits per heavy atom. The third-order valence-corrected chi connectivity index (χ3v) is 5.47. The van der Waals surface area contributed by atoms with Gasteiger partial charge in [-0.2, -0.15) is 0 Å². The summed E-state index contributed by atoms with van der Waals surface area (Å²) in [7, 11) is 0. The van der Waals surface area contributed by atoms with E-state index in [0.29, 0.717) is 5.41 Å². The first-order chi connectivity index (χ1) is 11.2. The van der Waals surface area contributed by atoms with Crippen molar-refractivity contribution in [3.63, 3.8) is 0 Å². The Morgan fingerprint density at radius 3 is 2.39 bits per heavy atom. The van der Waals surface area contributed by atoms with E-state index >= 15 is 0 Å². The normalized spacial score (nSPS) is 23.7. The largest absolute Gasteiger partial charge is 0.357 e. The lowest BCUT2D eigenvalue weighted by molar-refractivity contribution is -0.0485. The summed E-state index contributed by atoms with van der Waals surface area (Å²) in [6, 6.07) is 4.33. The first kappa shape index (κ1) is 16.7. The van der Waals surface area contributed by atoms with Crippen molar-refractivity contribution in [3.8, 4) is 0 Å². The first-order valence-corrected chi connectivity index (χ1v) is 9.33. The fourth-order valence-electron chi connectivity index (χ4n) is 4.09. The van der Waals surface area contributed by atoms with E-state index in [-0.39, 0.29) is 0 Å². The summed E-state index contributed by atoms with van der Waals surface area (Å²) in [4.78, 5) is 9.68. The highest BCUT2D eigenvalue weighted by molar-refractivity contribution is 5.39. The summed E-state index contributed by atoms with van der Waals surface area (Å²) >= 11 is 0. The highest BCUT2D eigenvalue weighted by atomic mass is 15.3. The molecule has 3 aliphatic heterocycles. The Bertz CT molecular complexity index is 479. The average Bonchev–Trinajstić information content (AvgIpc) is 2.52. The monoisotopic (exact) mass is 316 g/mol. The van der Waals surface area contributed by atoms with Crippen molar-refractivity contribution < 1.29 is 0 Å². The van der Waals surface area contributed by atoms with Crippen LogP contribution in [0, 0.1) is 18.3 Å². The highest BCUT2D eigenvalue weighted by Gasteiger charge is 2.47. The van der Waals surface area contributed by atoms with E-state index in [0.717, 1.165) is 11.7 Å². The number of hydrogen-bond acceptors (Lipinski definition) is 4. The van der Waals surface area contributed by atoms with Crippen LogP contribution in [0.2, 0.25) is 0 Å². The molecule has 0 aromatic carbocycles. The average molecular weight is 316 g/mol. The predicted octanol–water partition coefficient (Wildman–Crippen LogP) is 2.54. The van der Waals surface area contributed by atoms with Gasteiger partial charge in [-0.05, 0) is 37.3 Å². The molecule has 1 aromatic rings. The molecule has 4 heterocycles. The number of piperidine rings is 1. The van der Waals surface area contributed by atoms with Gasteiger partial charge in [0.05, 0.1) is 0 Å². The Labute approximate surface area is 141 Å². The number of anilines is 1. The number of pyridine rings is 1. The number of aryl methyl sites for hydroxylation is 1. The predicted molar refractivity (Wildman–Crippen MR) is 97.0 cm³/mol. The lowest BCUT2D eigenvalue weighted by Crippen LogP contribution is -2.71. The molecule has 4 heteroatoms. The van der Waals surface area contributed by atoms with Crippen LogP contribution in [-0.2, 0) is 0 Å². The topological polar surface area (TPSA) is 31.4 Å².